The molecule has 0 aliphatic heterocycles. The van der Waals surface area contributed by atoms with E-state index in [9.17, 15) is 5.11 Å². The molecule has 0 bridgehead atoms. The highest BCUT2D eigenvalue weighted by atomic mass is 16.3. The molecule has 3 aromatic rings. The third kappa shape index (κ3) is 3.29. The SMILES string of the molecule is Cc1ccc(NCC(O)Cn2c3c(c4ccccc42)CCCC3)cc1. The predicted octanol–water partition coefficient (Wildman–Crippen LogP) is 4.30. The average Bonchev–Trinajstić information content (AvgIpc) is 2.96. The minimum Gasteiger partial charge on any atom is -0.389 e. The lowest BCUT2D eigenvalue weighted by atomic mass is 9.95. The Morgan fingerprint density at radius 1 is 1.04 bits per heavy atom. The molecule has 0 spiro atoms. The number of rotatable bonds is 5. The second kappa shape index (κ2) is 6.93. The second-order valence-corrected chi connectivity index (χ2v) is 7.16. The van der Waals surface area contributed by atoms with Gasteiger partial charge in [0.05, 0.1) is 12.6 Å². The maximum absolute atomic E-state index is 10.6. The molecule has 0 radical (unpaired) electrons. The highest BCUT2D eigenvalue weighted by Crippen LogP contribution is 2.32. The minimum atomic E-state index is -0.414. The first-order valence-electron chi connectivity index (χ1n) is 9.30. The van der Waals surface area contributed by atoms with Crippen LogP contribution in [-0.2, 0) is 19.4 Å². The first-order chi connectivity index (χ1) is 12.2. The number of nitrogens with one attached hydrogen (secondary N) is 1. The summed E-state index contributed by atoms with van der Waals surface area (Å²) in [6, 6.07) is 16.9. The number of para-hydroxylation sites is 1. The van der Waals surface area contributed by atoms with Crippen molar-refractivity contribution in [2.75, 3.05) is 11.9 Å². The molecule has 130 valence electrons. The van der Waals surface area contributed by atoms with Crippen molar-refractivity contribution in [3.8, 4) is 0 Å². The summed E-state index contributed by atoms with van der Waals surface area (Å²) in [6.45, 7) is 3.29. The van der Waals surface area contributed by atoms with Crippen LogP contribution >= 0.6 is 0 Å². The molecule has 1 aliphatic carbocycles. The topological polar surface area (TPSA) is 37.2 Å². The van der Waals surface area contributed by atoms with Crippen LogP contribution in [0.3, 0.4) is 0 Å². The molecule has 1 aliphatic rings. The van der Waals surface area contributed by atoms with E-state index >= 15 is 0 Å². The number of aliphatic hydroxyl groups is 1. The van der Waals surface area contributed by atoms with Crippen LogP contribution in [0.15, 0.2) is 48.5 Å². The molecule has 3 heteroatoms. The van der Waals surface area contributed by atoms with Gasteiger partial charge in [0.2, 0.25) is 0 Å². The Labute approximate surface area is 149 Å². The van der Waals surface area contributed by atoms with E-state index in [1.807, 2.05) is 0 Å². The zero-order chi connectivity index (χ0) is 17.2. The number of fused-ring (bicyclic) bond motifs is 3. The van der Waals surface area contributed by atoms with Crippen LogP contribution in [0.25, 0.3) is 10.9 Å². The van der Waals surface area contributed by atoms with Gasteiger partial charge in [0, 0.05) is 28.8 Å². The van der Waals surface area contributed by atoms with Gasteiger partial charge in [-0.15, -0.1) is 0 Å². The number of aromatic nitrogens is 1. The van der Waals surface area contributed by atoms with Crippen LogP contribution in [-0.4, -0.2) is 22.3 Å². The van der Waals surface area contributed by atoms with Gasteiger partial charge in [0.1, 0.15) is 0 Å². The summed E-state index contributed by atoms with van der Waals surface area (Å²) in [5, 5.41) is 15.3. The van der Waals surface area contributed by atoms with Crippen LogP contribution in [0.5, 0.6) is 0 Å². The van der Waals surface area contributed by atoms with Gasteiger partial charge < -0.3 is 15.0 Å². The molecule has 4 rings (SSSR count). The van der Waals surface area contributed by atoms with E-state index in [0.29, 0.717) is 13.1 Å². The first kappa shape index (κ1) is 16.2. The fourth-order valence-corrected chi connectivity index (χ4v) is 3.98. The van der Waals surface area contributed by atoms with Gasteiger partial charge in [0.15, 0.2) is 0 Å². The minimum absolute atomic E-state index is 0.414. The Hall–Kier alpha value is -2.26. The van der Waals surface area contributed by atoms with Crippen LogP contribution in [0.1, 0.15) is 29.7 Å². The number of anilines is 1. The lowest BCUT2D eigenvalue weighted by Crippen LogP contribution is -2.26. The number of aryl methyl sites for hydroxylation is 2. The largest absolute Gasteiger partial charge is 0.389 e. The highest BCUT2D eigenvalue weighted by Gasteiger charge is 2.20. The summed E-state index contributed by atoms with van der Waals surface area (Å²) in [4.78, 5) is 0. The molecule has 1 atom stereocenters. The molecule has 0 saturated carbocycles. The number of hydrogen-bond acceptors (Lipinski definition) is 2. The lowest BCUT2D eigenvalue weighted by molar-refractivity contribution is 0.167. The number of nitrogens with zero attached hydrogens (tertiary/aromatic N) is 1. The van der Waals surface area contributed by atoms with E-state index in [0.717, 1.165) is 12.1 Å². The summed E-state index contributed by atoms with van der Waals surface area (Å²) in [6.07, 6.45) is 4.41. The van der Waals surface area contributed by atoms with Crippen LogP contribution < -0.4 is 5.32 Å². The van der Waals surface area contributed by atoms with Crippen molar-refractivity contribution in [2.45, 2.75) is 45.3 Å². The lowest BCUT2D eigenvalue weighted by Gasteiger charge is -2.19. The highest BCUT2D eigenvalue weighted by molar-refractivity contribution is 5.85. The van der Waals surface area contributed by atoms with Gasteiger partial charge in [0.25, 0.3) is 0 Å². The predicted molar refractivity (Wildman–Crippen MR) is 104 cm³/mol. The van der Waals surface area contributed by atoms with E-state index in [2.05, 4.69) is 65.3 Å². The Balaban J connectivity index is 1.53. The monoisotopic (exact) mass is 334 g/mol. The third-order valence-electron chi connectivity index (χ3n) is 5.27. The van der Waals surface area contributed by atoms with Gasteiger partial charge in [-0.25, -0.2) is 0 Å². The van der Waals surface area contributed by atoms with Crippen LogP contribution in [0.4, 0.5) is 5.69 Å². The molecule has 2 N–H and O–H groups in total. The van der Waals surface area contributed by atoms with Crippen LogP contribution in [0, 0.1) is 6.92 Å². The van der Waals surface area contributed by atoms with Crippen LogP contribution in [0.2, 0.25) is 0 Å². The standard InChI is InChI=1S/C22H26N2O/c1-16-10-12-17(13-11-16)23-14-18(25)15-24-21-8-4-2-6-19(21)20-7-3-5-9-22(20)24/h2,4,6,8,10-13,18,23,25H,3,5,7,9,14-15H2,1H3. The summed E-state index contributed by atoms with van der Waals surface area (Å²) in [5.41, 5.74) is 6.51. The van der Waals surface area contributed by atoms with Crippen molar-refractivity contribution in [2.24, 2.45) is 0 Å². The van der Waals surface area contributed by atoms with E-state index in [-0.39, 0.29) is 0 Å². The number of benzene rings is 2. The second-order valence-electron chi connectivity index (χ2n) is 7.16. The van der Waals surface area contributed by atoms with Gasteiger partial charge in [-0.3, -0.25) is 0 Å². The molecule has 3 nitrogen and oxygen atoms in total. The zero-order valence-electron chi connectivity index (χ0n) is 14.8. The Kier molecular flexibility index (Phi) is 4.50. The molecule has 1 heterocycles. The van der Waals surface area contributed by atoms with Crippen molar-refractivity contribution in [1.82, 2.24) is 4.57 Å². The molecule has 0 fully saturated rings. The van der Waals surface area contributed by atoms with E-state index in [1.54, 1.807) is 0 Å². The molecule has 0 saturated heterocycles. The summed E-state index contributed by atoms with van der Waals surface area (Å²) >= 11 is 0. The Bertz CT molecular complexity index is 864. The maximum Gasteiger partial charge on any atom is 0.0891 e. The van der Waals surface area contributed by atoms with Gasteiger partial charge in [-0.05, 0) is 56.4 Å². The fourth-order valence-electron chi connectivity index (χ4n) is 3.98. The summed E-state index contributed by atoms with van der Waals surface area (Å²) in [5.74, 6) is 0. The number of aliphatic hydroxyl groups excluding tert-OH is 1. The Morgan fingerprint density at radius 2 is 1.80 bits per heavy atom. The first-order valence-corrected chi connectivity index (χ1v) is 9.30. The van der Waals surface area contributed by atoms with Gasteiger partial charge in [-0.1, -0.05) is 35.9 Å². The van der Waals surface area contributed by atoms with Crippen molar-refractivity contribution < 1.29 is 5.11 Å². The zero-order valence-corrected chi connectivity index (χ0v) is 14.8. The molecule has 0 amide bonds. The van der Waals surface area contributed by atoms with Gasteiger partial charge >= 0.3 is 0 Å². The van der Waals surface area contributed by atoms with Crippen molar-refractivity contribution in [1.29, 1.82) is 0 Å². The summed E-state index contributed by atoms with van der Waals surface area (Å²) in [7, 11) is 0. The summed E-state index contributed by atoms with van der Waals surface area (Å²) < 4.78 is 2.35. The van der Waals surface area contributed by atoms with E-state index in [4.69, 9.17) is 0 Å². The third-order valence-corrected chi connectivity index (χ3v) is 5.27. The molecular formula is C22H26N2O. The molecule has 25 heavy (non-hydrogen) atoms. The maximum atomic E-state index is 10.6. The van der Waals surface area contributed by atoms with Gasteiger partial charge in [-0.2, -0.15) is 0 Å². The van der Waals surface area contributed by atoms with Crippen molar-refractivity contribution in [3.63, 3.8) is 0 Å². The van der Waals surface area contributed by atoms with E-state index in [1.165, 1.54) is 47.0 Å². The Morgan fingerprint density at radius 3 is 2.64 bits per heavy atom. The average molecular weight is 334 g/mol. The molecule has 2 aromatic carbocycles. The number of hydrogen-bond donors (Lipinski definition) is 2. The fraction of sp³-hybridized carbons (Fsp3) is 0.364. The molecule has 1 unspecified atom stereocenters. The van der Waals surface area contributed by atoms with Crippen molar-refractivity contribution in [3.05, 3.63) is 65.4 Å². The normalized spacial score (nSPS) is 15.1. The molecule has 1 aromatic heterocycles. The van der Waals surface area contributed by atoms with Crippen molar-refractivity contribution >= 4 is 16.6 Å². The smallest absolute Gasteiger partial charge is 0.0891 e. The molecular weight excluding hydrogens is 308 g/mol. The van der Waals surface area contributed by atoms with E-state index < -0.39 is 6.10 Å². The quantitative estimate of drug-likeness (QED) is 0.730.